The van der Waals surface area contributed by atoms with E-state index in [4.69, 9.17) is 0 Å². The van der Waals surface area contributed by atoms with Gasteiger partial charge in [0.2, 0.25) is 5.91 Å². The van der Waals surface area contributed by atoms with Crippen molar-refractivity contribution in [3.05, 3.63) is 29.6 Å². The molecular weight excluding hydrogens is 207 g/mol. The maximum Gasteiger partial charge on any atom is 0.242 e. The average Bonchev–Trinajstić information content (AvgIpc) is 2.28. The van der Waals surface area contributed by atoms with Gasteiger partial charge in [-0.25, -0.2) is 4.39 Å². The molecule has 1 N–H and O–H groups in total. The number of rotatable bonds is 0. The van der Waals surface area contributed by atoms with Crippen molar-refractivity contribution in [3.63, 3.8) is 0 Å². The van der Waals surface area contributed by atoms with Crippen LogP contribution >= 0.6 is 0 Å². The zero-order chi connectivity index (χ0) is 11.1. The molecule has 0 aromatic heterocycles. The van der Waals surface area contributed by atoms with E-state index in [-0.39, 0.29) is 17.8 Å². The molecule has 4 heteroatoms. The van der Waals surface area contributed by atoms with E-state index >= 15 is 0 Å². The predicted octanol–water partition coefficient (Wildman–Crippen LogP) is 1.08. The fourth-order valence-corrected chi connectivity index (χ4v) is 2.62. The van der Waals surface area contributed by atoms with Crippen LogP contribution in [0.1, 0.15) is 12.0 Å². The number of benzene rings is 1. The van der Waals surface area contributed by atoms with Gasteiger partial charge in [-0.15, -0.1) is 0 Å². The van der Waals surface area contributed by atoms with Gasteiger partial charge >= 0.3 is 0 Å². The zero-order valence-corrected chi connectivity index (χ0v) is 8.87. The van der Waals surface area contributed by atoms with E-state index in [0.29, 0.717) is 6.54 Å². The predicted molar refractivity (Wildman–Crippen MR) is 58.9 cm³/mol. The second kappa shape index (κ2) is 3.47. The van der Waals surface area contributed by atoms with Crippen LogP contribution in [0, 0.1) is 5.82 Å². The first-order valence-electron chi connectivity index (χ1n) is 5.58. The van der Waals surface area contributed by atoms with Crippen LogP contribution in [0.3, 0.4) is 0 Å². The van der Waals surface area contributed by atoms with Gasteiger partial charge in [-0.05, 0) is 36.6 Å². The van der Waals surface area contributed by atoms with Crippen molar-refractivity contribution in [3.8, 4) is 0 Å². The zero-order valence-electron chi connectivity index (χ0n) is 8.87. The molecule has 1 fully saturated rings. The van der Waals surface area contributed by atoms with Gasteiger partial charge in [0.05, 0.1) is 0 Å². The van der Waals surface area contributed by atoms with E-state index in [1.165, 1.54) is 6.07 Å². The second-order valence-corrected chi connectivity index (χ2v) is 4.31. The number of halogens is 1. The molecule has 0 saturated carbocycles. The minimum atomic E-state index is -0.196. The molecule has 1 unspecified atom stereocenters. The van der Waals surface area contributed by atoms with Crippen LogP contribution in [0.25, 0.3) is 0 Å². The average molecular weight is 220 g/mol. The van der Waals surface area contributed by atoms with Gasteiger partial charge < -0.3 is 10.2 Å². The number of amides is 1. The summed E-state index contributed by atoms with van der Waals surface area (Å²) in [5.41, 5.74) is 2.04. The molecule has 0 radical (unpaired) electrons. The first-order valence-corrected chi connectivity index (χ1v) is 5.58. The number of fused-ring (bicyclic) bond motifs is 3. The summed E-state index contributed by atoms with van der Waals surface area (Å²) in [5.74, 6) is -0.0973. The summed E-state index contributed by atoms with van der Waals surface area (Å²) < 4.78 is 13.1. The molecule has 1 aromatic rings. The summed E-state index contributed by atoms with van der Waals surface area (Å²) in [6.45, 7) is 1.49. The molecule has 0 aliphatic carbocycles. The number of carbonyl (C=O) groups excluding carboxylic acids is 1. The Morgan fingerprint density at radius 2 is 2.31 bits per heavy atom. The molecule has 16 heavy (non-hydrogen) atoms. The third kappa shape index (κ3) is 1.37. The molecule has 2 aliphatic rings. The van der Waals surface area contributed by atoms with Gasteiger partial charge in [-0.3, -0.25) is 4.79 Å². The molecule has 1 amide bonds. The summed E-state index contributed by atoms with van der Waals surface area (Å²) in [6, 6.07) is 4.77. The van der Waals surface area contributed by atoms with E-state index in [1.54, 1.807) is 12.1 Å². The summed E-state index contributed by atoms with van der Waals surface area (Å²) in [6.07, 6.45) is 1.56. The number of piperazine rings is 1. The van der Waals surface area contributed by atoms with E-state index in [0.717, 1.165) is 30.6 Å². The van der Waals surface area contributed by atoms with E-state index < -0.39 is 0 Å². The summed E-state index contributed by atoms with van der Waals surface area (Å²) in [7, 11) is 0. The molecule has 0 bridgehead atoms. The van der Waals surface area contributed by atoms with E-state index in [9.17, 15) is 9.18 Å². The van der Waals surface area contributed by atoms with Crippen molar-refractivity contribution >= 4 is 11.6 Å². The van der Waals surface area contributed by atoms with Crippen LogP contribution in [0.15, 0.2) is 18.2 Å². The van der Waals surface area contributed by atoms with Crippen molar-refractivity contribution in [1.82, 2.24) is 5.32 Å². The topological polar surface area (TPSA) is 32.3 Å². The molecule has 2 heterocycles. The van der Waals surface area contributed by atoms with Crippen LogP contribution in [-0.4, -0.2) is 25.0 Å². The highest BCUT2D eigenvalue weighted by Gasteiger charge is 2.33. The highest BCUT2D eigenvalue weighted by atomic mass is 19.1. The summed E-state index contributed by atoms with van der Waals surface area (Å²) in [4.78, 5) is 13.8. The third-order valence-corrected chi connectivity index (χ3v) is 3.37. The Hall–Kier alpha value is -1.58. The number of hydrogen-bond acceptors (Lipinski definition) is 2. The van der Waals surface area contributed by atoms with E-state index in [1.807, 2.05) is 0 Å². The van der Waals surface area contributed by atoms with Gasteiger partial charge in [0.15, 0.2) is 0 Å². The third-order valence-electron chi connectivity index (χ3n) is 3.37. The molecule has 1 atom stereocenters. The Morgan fingerprint density at radius 3 is 3.19 bits per heavy atom. The SMILES string of the molecule is O=C1NCCN2c3ccc(F)cc3CCC12. The fraction of sp³-hybridized carbons (Fsp3) is 0.417. The first kappa shape index (κ1) is 9.63. The van der Waals surface area contributed by atoms with Crippen molar-refractivity contribution in [2.75, 3.05) is 18.0 Å². The Kier molecular flexibility index (Phi) is 2.09. The molecule has 1 aromatic carbocycles. The largest absolute Gasteiger partial charge is 0.358 e. The normalized spacial score (nSPS) is 23.4. The number of aryl methyl sites for hydroxylation is 1. The van der Waals surface area contributed by atoms with Gasteiger partial charge in [0.25, 0.3) is 0 Å². The van der Waals surface area contributed by atoms with Crippen molar-refractivity contribution in [2.24, 2.45) is 0 Å². The molecular formula is C12H13FN2O. The Balaban J connectivity index is 2.02. The van der Waals surface area contributed by atoms with Crippen LogP contribution in [0.5, 0.6) is 0 Å². The fourth-order valence-electron chi connectivity index (χ4n) is 2.62. The minimum Gasteiger partial charge on any atom is -0.358 e. The smallest absolute Gasteiger partial charge is 0.242 e. The van der Waals surface area contributed by atoms with Crippen LogP contribution in [0.2, 0.25) is 0 Å². The van der Waals surface area contributed by atoms with Crippen molar-refractivity contribution in [2.45, 2.75) is 18.9 Å². The first-order chi connectivity index (χ1) is 7.75. The summed E-state index contributed by atoms with van der Waals surface area (Å²) >= 11 is 0. The van der Waals surface area contributed by atoms with Gasteiger partial charge in [0.1, 0.15) is 11.9 Å². The maximum atomic E-state index is 13.1. The lowest BCUT2D eigenvalue weighted by atomic mass is 9.94. The highest BCUT2D eigenvalue weighted by Crippen LogP contribution is 2.31. The van der Waals surface area contributed by atoms with Crippen molar-refractivity contribution in [1.29, 1.82) is 0 Å². The highest BCUT2D eigenvalue weighted by molar-refractivity contribution is 5.87. The molecule has 2 aliphatic heterocycles. The van der Waals surface area contributed by atoms with E-state index in [2.05, 4.69) is 10.2 Å². The standard InChI is InChI=1S/C12H13FN2O/c13-9-2-4-10-8(7-9)1-3-11-12(16)14-5-6-15(10)11/h2,4,7,11H,1,3,5-6H2,(H,14,16). The lowest BCUT2D eigenvalue weighted by molar-refractivity contribution is -0.123. The molecule has 3 nitrogen and oxygen atoms in total. The lowest BCUT2D eigenvalue weighted by Crippen LogP contribution is -2.57. The molecule has 1 saturated heterocycles. The Morgan fingerprint density at radius 1 is 1.44 bits per heavy atom. The number of hydrogen-bond donors (Lipinski definition) is 1. The van der Waals surface area contributed by atoms with Crippen LogP contribution in [-0.2, 0) is 11.2 Å². The Bertz CT molecular complexity index is 447. The lowest BCUT2D eigenvalue weighted by Gasteiger charge is -2.41. The number of anilines is 1. The summed E-state index contributed by atoms with van der Waals surface area (Å²) in [5, 5.41) is 2.87. The monoisotopic (exact) mass is 220 g/mol. The molecule has 0 spiro atoms. The minimum absolute atomic E-state index is 0.0632. The Labute approximate surface area is 93.2 Å². The van der Waals surface area contributed by atoms with Crippen LogP contribution in [0.4, 0.5) is 10.1 Å². The number of nitrogens with one attached hydrogen (secondary N) is 1. The molecule has 3 rings (SSSR count). The number of carbonyl (C=O) groups is 1. The van der Waals surface area contributed by atoms with Gasteiger partial charge in [-0.1, -0.05) is 0 Å². The maximum absolute atomic E-state index is 13.1. The van der Waals surface area contributed by atoms with Crippen LogP contribution < -0.4 is 10.2 Å². The molecule has 84 valence electrons. The van der Waals surface area contributed by atoms with Gasteiger partial charge in [-0.2, -0.15) is 0 Å². The van der Waals surface area contributed by atoms with Gasteiger partial charge in [0, 0.05) is 18.8 Å². The second-order valence-electron chi connectivity index (χ2n) is 4.31. The van der Waals surface area contributed by atoms with Crippen molar-refractivity contribution < 1.29 is 9.18 Å². The number of nitrogens with zero attached hydrogens (tertiary/aromatic N) is 1. The quantitative estimate of drug-likeness (QED) is 0.709.